The minimum Gasteiger partial charge on any atom is -0.486 e. The van der Waals surface area contributed by atoms with Gasteiger partial charge in [0, 0.05) is 18.7 Å². The molecule has 1 atom stereocenters. The lowest BCUT2D eigenvalue weighted by molar-refractivity contribution is -0.137. The summed E-state index contributed by atoms with van der Waals surface area (Å²) < 4.78 is 53.1. The first kappa shape index (κ1) is 24.7. The van der Waals surface area contributed by atoms with Gasteiger partial charge in [-0.2, -0.15) is 13.2 Å². The number of likely N-dealkylation sites (tertiary alicyclic amines) is 1. The average Bonchev–Trinajstić information content (AvgIpc) is 3.08. The predicted octanol–water partition coefficient (Wildman–Crippen LogP) is 4.82. The number of carbonyl (C=O) groups excluding carboxylic acids is 2. The third-order valence-electron chi connectivity index (χ3n) is 6.53. The van der Waals surface area contributed by atoms with Gasteiger partial charge < -0.3 is 18.9 Å². The van der Waals surface area contributed by atoms with Crippen molar-refractivity contribution >= 4 is 28.8 Å². The number of benzene rings is 2. The number of fused-ring (bicyclic) bond motifs is 3. The number of aromatic nitrogens is 2. The Kier molecular flexibility index (Phi) is 6.53. The Labute approximate surface area is 210 Å². The molecule has 0 spiro atoms. The number of carbonyl (C=O) groups is 2. The maximum Gasteiger partial charge on any atom is 0.416 e. The molecule has 0 radical (unpaired) electrons. The number of ether oxygens (including phenoxy) is 2. The van der Waals surface area contributed by atoms with Crippen LogP contribution in [0.5, 0.6) is 11.5 Å². The summed E-state index contributed by atoms with van der Waals surface area (Å²) in [5.74, 6) is 0.219. The van der Waals surface area contributed by atoms with E-state index in [0.29, 0.717) is 55.3 Å². The topological polar surface area (TPSA) is 85.7 Å². The SMILES string of the molecule is C=CC(=O)N1CCCCC(n2c(NC(=O)c3cccc(C(F)(F)F)c3)nc3ccc4c(c32)OCCO4)C1. The van der Waals surface area contributed by atoms with Crippen molar-refractivity contribution in [1.82, 2.24) is 14.5 Å². The van der Waals surface area contributed by atoms with Crippen LogP contribution in [0.15, 0.2) is 49.1 Å². The number of amides is 2. The molecule has 3 aromatic rings. The summed E-state index contributed by atoms with van der Waals surface area (Å²) in [6.45, 7) is 5.21. The molecule has 2 amide bonds. The lowest BCUT2D eigenvalue weighted by Crippen LogP contribution is -2.34. The number of halogens is 3. The molecular weight excluding hydrogens is 489 g/mol. The number of anilines is 1. The number of alkyl halides is 3. The fourth-order valence-electron chi connectivity index (χ4n) is 4.80. The van der Waals surface area contributed by atoms with Crippen molar-refractivity contribution in [1.29, 1.82) is 0 Å². The second kappa shape index (κ2) is 9.79. The van der Waals surface area contributed by atoms with Crippen molar-refractivity contribution in [3.8, 4) is 11.5 Å². The van der Waals surface area contributed by atoms with Gasteiger partial charge in [0.05, 0.1) is 17.1 Å². The molecule has 5 rings (SSSR count). The highest BCUT2D eigenvalue weighted by Crippen LogP contribution is 2.41. The highest BCUT2D eigenvalue weighted by molar-refractivity contribution is 6.04. The van der Waals surface area contributed by atoms with Gasteiger partial charge in [0.25, 0.3) is 5.91 Å². The van der Waals surface area contributed by atoms with Gasteiger partial charge >= 0.3 is 6.18 Å². The number of imidazole rings is 1. The van der Waals surface area contributed by atoms with Crippen LogP contribution in [0, 0.1) is 0 Å². The summed E-state index contributed by atoms with van der Waals surface area (Å²) >= 11 is 0. The van der Waals surface area contributed by atoms with Crippen LogP contribution < -0.4 is 14.8 Å². The predicted molar refractivity (Wildman–Crippen MR) is 130 cm³/mol. The van der Waals surface area contributed by atoms with E-state index in [2.05, 4.69) is 16.9 Å². The second-order valence-electron chi connectivity index (χ2n) is 8.93. The molecule has 0 aliphatic carbocycles. The molecule has 37 heavy (non-hydrogen) atoms. The Morgan fingerprint density at radius 2 is 1.95 bits per heavy atom. The Morgan fingerprint density at radius 1 is 1.14 bits per heavy atom. The van der Waals surface area contributed by atoms with Gasteiger partial charge in [0.2, 0.25) is 11.9 Å². The zero-order valence-electron chi connectivity index (χ0n) is 19.9. The van der Waals surface area contributed by atoms with Gasteiger partial charge in [-0.15, -0.1) is 0 Å². The highest BCUT2D eigenvalue weighted by Gasteiger charge is 2.32. The monoisotopic (exact) mass is 514 g/mol. The van der Waals surface area contributed by atoms with Crippen LogP contribution in [0.3, 0.4) is 0 Å². The van der Waals surface area contributed by atoms with Crippen LogP contribution in [0.1, 0.15) is 41.2 Å². The van der Waals surface area contributed by atoms with Crippen molar-refractivity contribution in [3.05, 3.63) is 60.2 Å². The highest BCUT2D eigenvalue weighted by atomic mass is 19.4. The summed E-state index contributed by atoms with van der Waals surface area (Å²) in [7, 11) is 0. The van der Waals surface area contributed by atoms with Gasteiger partial charge in [0.15, 0.2) is 11.5 Å². The number of rotatable bonds is 4. The minimum atomic E-state index is -4.58. The minimum absolute atomic E-state index is 0.151. The second-order valence-corrected chi connectivity index (χ2v) is 8.93. The first-order valence-electron chi connectivity index (χ1n) is 12.0. The third-order valence-corrected chi connectivity index (χ3v) is 6.53. The molecule has 1 saturated heterocycles. The van der Waals surface area contributed by atoms with E-state index in [-0.39, 0.29) is 23.5 Å². The van der Waals surface area contributed by atoms with E-state index in [1.54, 1.807) is 17.0 Å². The summed E-state index contributed by atoms with van der Waals surface area (Å²) in [6, 6.07) is 7.39. The largest absolute Gasteiger partial charge is 0.486 e. The van der Waals surface area contributed by atoms with Crippen molar-refractivity contribution < 1.29 is 32.2 Å². The third kappa shape index (κ3) is 4.85. The van der Waals surface area contributed by atoms with E-state index in [1.165, 1.54) is 18.2 Å². The molecule has 8 nitrogen and oxygen atoms in total. The van der Waals surface area contributed by atoms with Crippen LogP contribution in [0.4, 0.5) is 19.1 Å². The summed E-state index contributed by atoms with van der Waals surface area (Å²) in [6.07, 6.45) is -1.01. The van der Waals surface area contributed by atoms with Gasteiger partial charge in [-0.25, -0.2) is 4.98 Å². The van der Waals surface area contributed by atoms with Crippen LogP contribution in [0.2, 0.25) is 0 Å². The van der Waals surface area contributed by atoms with E-state index in [9.17, 15) is 22.8 Å². The average molecular weight is 515 g/mol. The fourth-order valence-corrected chi connectivity index (χ4v) is 4.80. The van der Waals surface area contributed by atoms with Gasteiger partial charge in [-0.1, -0.05) is 12.6 Å². The van der Waals surface area contributed by atoms with Crippen LogP contribution >= 0.6 is 0 Å². The Balaban J connectivity index is 1.59. The number of nitrogens with zero attached hydrogens (tertiary/aromatic N) is 3. The Bertz CT molecular complexity index is 1370. The van der Waals surface area contributed by atoms with Crippen LogP contribution in [-0.4, -0.2) is 52.6 Å². The molecule has 194 valence electrons. The first-order valence-corrected chi connectivity index (χ1v) is 12.0. The van der Waals surface area contributed by atoms with Crippen molar-refractivity contribution in [3.63, 3.8) is 0 Å². The Morgan fingerprint density at radius 3 is 2.73 bits per heavy atom. The molecule has 1 unspecified atom stereocenters. The zero-order chi connectivity index (χ0) is 26.2. The normalized spacial score (nSPS) is 17.8. The molecule has 11 heteroatoms. The zero-order valence-corrected chi connectivity index (χ0v) is 19.9. The number of nitrogens with one attached hydrogen (secondary N) is 1. The van der Waals surface area contributed by atoms with Gasteiger partial charge in [-0.3, -0.25) is 14.9 Å². The molecule has 0 bridgehead atoms. The molecule has 1 N–H and O–H groups in total. The van der Waals surface area contributed by atoms with E-state index < -0.39 is 17.6 Å². The summed E-state index contributed by atoms with van der Waals surface area (Å²) in [5.41, 5.74) is 0.0406. The number of hydrogen-bond acceptors (Lipinski definition) is 5. The van der Waals surface area contributed by atoms with E-state index in [1.807, 2.05) is 4.57 Å². The maximum absolute atomic E-state index is 13.2. The first-order chi connectivity index (χ1) is 17.8. The standard InChI is InChI=1S/C26H25F3N4O4/c1-2-21(34)32-11-4-3-8-18(15-32)33-22-19(9-10-20-23(22)37-13-12-36-20)30-25(33)31-24(35)16-6-5-7-17(14-16)26(27,28)29/h2,5-7,9-10,14,18H,1,3-4,8,11-13,15H2,(H,30,31,35). The summed E-state index contributed by atoms with van der Waals surface area (Å²) in [4.78, 5) is 31.9. The fraction of sp³-hybridized carbons (Fsp3) is 0.346. The van der Waals surface area contributed by atoms with Crippen LogP contribution in [0.25, 0.3) is 11.0 Å². The molecule has 1 fully saturated rings. The Hall–Kier alpha value is -4.02. The summed E-state index contributed by atoms with van der Waals surface area (Å²) in [5, 5.41) is 2.70. The lowest BCUT2D eigenvalue weighted by atomic mass is 10.1. The van der Waals surface area contributed by atoms with Gasteiger partial charge in [-0.05, 0) is 55.7 Å². The van der Waals surface area contributed by atoms with E-state index in [4.69, 9.17) is 9.47 Å². The quantitative estimate of drug-likeness (QED) is 0.505. The van der Waals surface area contributed by atoms with Gasteiger partial charge in [0.1, 0.15) is 18.7 Å². The molecule has 0 saturated carbocycles. The molecule has 2 aliphatic heterocycles. The molecule has 2 aromatic carbocycles. The number of hydrogen-bond donors (Lipinski definition) is 1. The molecule has 2 aliphatic rings. The van der Waals surface area contributed by atoms with Crippen molar-refractivity contribution in [2.24, 2.45) is 0 Å². The van der Waals surface area contributed by atoms with Crippen LogP contribution in [-0.2, 0) is 11.0 Å². The maximum atomic E-state index is 13.2. The molecule has 3 heterocycles. The lowest BCUT2D eigenvalue weighted by Gasteiger charge is -2.27. The molecule has 1 aromatic heterocycles. The smallest absolute Gasteiger partial charge is 0.416 e. The van der Waals surface area contributed by atoms with Crippen molar-refractivity contribution in [2.45, 2.75) is 31.5 Å². The molecular formula is C26H25F3N4O4. The van der Waals surface area contributed by atoms with E-state index >= 15 is 0 Å². The van der Waals surface area contributed by atoms with Crippen molar-refractivity contribution in [2.75, 3.05) is 31.6 Å². The van der Waals surface area contributed by atoms with E-state index in [0.717, 1.165) is 25.0 Å².